The van der Waals surface area contributed by atoms with Crippen LogP contribution in [0.1, 0.15) is 61.2 Å². The number of carbonyl (C=O) groups excluding carboxylic acids is 1. The van der Waals surface area contributed by atoms with E-state index in [1.807, 2.05) is 0 Å². The van der Waals surface area contributed by atoms with Crippen LogP contribution in [0.3, 0.4) is 0 Å². The van der Waals surface area contributed by atoms with Crippen LogP contribution >= 0.6 is 0 Å². The van der Waals surface area contributed by atoms with E-state index >= 15 is 0 Å². The van der Waals surface area contributed by atoms with Crippen molar-refractivity contribution in [1.82, 2.24) is 24.8 Å². The molecule has 0 unspecified atom stereocenters. The molecule has 1 saturated carbocycles. The quantitative estimate of drug-likeness (QED) is 0.282. The van der Waals surface area contributed by atoms with Gasteiger partial charge in [0.05, 0.1) is 24.1 Å². The number of amides is 1. The van der Waals surface area contributed by atoms with Gasteiger partial charge in [-0.1, -0.05) is 6.92 Å². The summed E-state index contributed by atoms with van der Waals surface area (Å²) in [6, 6.07) is 7.83. The number of hydrogen-bond acceptors (Lipinski definition) is 10. The van der Waals surface area contributed by atoms with Crippen LogP contribution in [0.25, 0.3) is 0 Å². The van der Waals surface area contributed by atoms with Gasteiger partial charge in [-0.15, -0.1) is 10.2 Å². The van der Waals surface area contributed by atoms with Crippen molar-refractivity contribution in [2.24, 2.45) is 5.92 Å². The van der Waals surface area contributed by atoms with Gasteiger partial charge in [0.1, 0.15) is 18.5 Å². The van der Waals surface area contributed by atoms with Crippen molar-refractivity contribution in [1.29, 1.82) is 0 Å². The summed E-state index contributed by atoms with van der Waals surface area (Å²) in [5.74, 6) is -3.53. The van der Waals surface area contributed by atoms with Crippen molar-refractivity contribution in [3.63, 3.8) is 0 Å². The number of carbonyl (C=O) groups is 1. The molecule has 0 bridgehead atoms. The van der Waals surface area contributed by atoms with Crippen LogP contribution in [0.2, 0.25) is 0 Å². The zero-order valence-electron chi connectivity index (χ0n) is 23.7. The largest absolute Gasteiger partial charge is 0.492 e. The fourth-order valence-corrected chi connectivity index (χ4v) is 5.37. The van der Waals surface area contributed by atoms with Crippen LogP contribution < -0.4 is 18.9 Å². The fourth-order valence-electron chi connectivity index (χ4n) is 4.51. The molecule has 1 N–H and O–H groups in total. The molecule has 14 heteroatoms. The predicted molar refractivity (Wildman–Crippen MR) is 150 cm³/mol. The first-order chi connectivity index (χ1) is 20.7. The Labute approximate surface area is 248 Å². The predicted octanol–water partition coefficient (Wildman–Crippen LogP) is 4.06. The first-order valence-corrected chi connectivity index (χ1v) is 15.7. The van der Waals surface area contributed by atoms with Gasteiger partial charge in [0.25, 0.3) is 15.9 Å². The third kappa shape index (κ3) is 7.93. The van der Waals surface area contributed by atoms with Gasteiger partial charge in [-0.05, 0) is 81.4 Å². The lowest BCUT2D eigenvalue weighted by molar-refractivity contribution is 0.0975. The molecule has 1 atom stereocenters. The molecule has 2 aromatic heterocycles. The minimum Gasteiger partial charge on any atom is -0.492 e. The van der Waals surface area contributed by atoms with Crippen LogP contribution in [0.15, 0.2) is 47.6 Å². The van der Waals surface area contributed by atoms with Crippen molar-refractivity contribution in [2.75, 3.05) is 32.8 Å². The van der Waals surface area contributed by atoms with E-state index in [-0.39, 0.29) is 5.88 Å². The Bertz CT molecular complexity index is 1520. The summed E-state index contributed by atoms with van der Waals surface area (Å²) in [5.41, 5.74) is -0.343. The number of sulfonamides is 1. The van der Waals surface area contributed by atoms with E-state index < -0.39 is 50.0 Å². The van der Waals surface area contributed by atoms with Gasteiger partial charge >= 0.3 is 0 Å². The van der Waals surface area contributed by atoms with Crippen molar-refractivity contribution in [3.8, 4) is 17.4 Å². The Kier molecular flexibility index (Phi) is 9.65. The molecular weight excluding hydrogens is 584 g/mol. The summed E-state index contributed by atoms with van der Waals surface area (Å²) >= 11 is 0. The van der Waals surface area contributed by atoms with Crippen molar-refractivity contribution >= 4 is 15.9 Å². The molecule has 2 aliphatic rings. The average Bonchev–Trinajstić information content (AvgIpc) is 3.69. The maximum atomic E-state index is 15.0. The number of aromatic nitrogens is 3. The molecule has 2 fully saturated rings. The van der Waals surface area contributed by atoms with E-state index in [0.717, 1.165) is 57.0 Å². The Morgan fingerprint density at radius 1 is 1.05 bits per heavy atom. The van der Waals surface area contributed by atoms with Gasteiger partial charge in [-0.25, -0.2) is 9.11 Å². The average molecular weight is 618 g/mol. The topological polar surface area (TPSA) is 133 Å². The first-order valence-electron chi connectivity index (χ1n) is 14.2. The highest BCUT2D eigenvalue weighted by Crippen LogP contribution is 2.31. The standard InChI is InChI=1S/C29H33F2N5O6S/c1-2-23(22-9-7-20(17-32-22)41-18-19-5-6-19)42-24-10-8-21(27(30)28(24)31)29(37)35-43(38,39)26-12-11-25(33-34-26)40-16-15-36-13-3-4-14-36/h7-12,17,19,23H,2-6,13-16,18H2,1H3,(H,35,37)/t23-/m1/s1. The second-order valence-electron chi connectivity index (χ2n) is 10.5. The van der Waals surface area contributed by atoms with E-state index in [0.29, 0.717) is 43.5 Å². The minimum absolute atomic E-state index is 0.117. The SMILES string of the molecule is CC[C@@H](Oc1ccc(C(=O)NS(=O)(=O)c2ccc(OCCN3CCCC3)nn2)c(F)c1F)c1ccc(OCC2CC2)cn1. The second-order valence-corrected chi connectivity index (χ2v) is 12.1. The summed E-state index contributed by atoms with van der Waals surface area (Å²) in [6.07, 6.45) is 5.84. The number of pyridine rings is 1. The highest BCUT2D eigenvalue weighted by Gasteiger charge is 2.27. The molecule has 3 aromatic rings. The van der Waals surface area contributed by atoms with Crippen molar-refractivity contribution < 1.29 is 36.2 Å². The van der Waals surface area contributed by atoms with Crippen molar-refractivity contribution in [2.45, 2.75) is 50.2 Å². The molecule has 11 nitrogen and oxygen atoms in total. The Morgan fingerprint density at radius 2 is 1.84 bits per heavy atom. The lowest BCUT2D eigenvalue weighted by atomic mass is 10.1. The highest BCUT2D eigenvalue weighted by atomic mass is 32.2. The minimum atomic E-state index is -4.54. The van der Waals surface area contributed by atoms with E-state index in [1.54, 1.807) is 30.0 Å². The maximum absolute atomic E-state index is 15.0. The maximum Gasteiger partial charge on any atom is 0.283 e. The van der Waals surface area contributed by atoms with E-state index in [4.69, 9.17) is 14.2 Å². The number of rotatable bonds is 14. The van der Waals surface area contributed by atoms with Crippen LogP contribution in [-0.4, -0.2) is 67.3 Å². The van der Waals surface area contributed by atoms with Crippen LogP contribution in [0, 0.1) is 17.6 Å². The zero-order chi connectivity index (χ0) is 30.4. The number of hydrogen-bond donors (Lipinski definition) is 1. The zero-order valence-corrected chi connectivity index (χ0v) is 24.5. The van der Waals surface area contributed by atoms with Gasteiger partial charge in [0, 0.05) is 12.6 Å². The van der Waals surface area contributed by atoms with E-state index in [9.17, 15) is 22.0 Å². The third-order valence-corrected chi connectivity index (χ3v) is 8.40. The Balaban J connectivity index is 1.19. The normalized spacial score (nSPS) is 16.1. The number of nitrogens with zero attached hydrogens (tertiary/aromatic N) is 4. The summed E-state index contributed by atoms with van der Waals surface area (Å²) in [7, 11) is -4.54. The van der Waals surface area contributed by atoms with E-state index in [1.165, 1.54) is 6.07 Å². The smallest absolute Gasteiger partial charge is 0.283 e. The molecular formula is C29H33F2N5O6S. The molecule has 0 radical (unpaired) electrons. The summed E-state index contributed by atoms with van der Waals surface area (Å²) in [5, 5.41) is 6.75. The van der Waals surface area contributed by atoms with Gasteiger partial charge in [-0.2, -0.15) is 12.8 Å². The lowest BCUT2D eigenvalue weighted by Crippen LogP contribution is -2.32. The number of ether oxygens (including phenoxy) is 3. The first kappa shape index (κ1) is 30.5. The number of likely N-dealkylation sites (tertiary alicyclic amines) is 1. The van der Waals surface area contributed by atoms with Gasteiger partial charge < -0.3 is 14.2 Å². The second kappa shape index (κ2) is 13.6. The molecule has 43 heavy (non-hydrogen) atoms. The van der Waals surface area contributed by atoms with Gasteiger partial charge in [0.15, 0.2) is 16.6 Å². The molecule has 1 amide bonds. The molecule has 0 spiro atoms. The summed E-state index contributed by atoms with van der Waals surface area (Å²) in [6.45, 7) is 5.51. The highest BCUT2D eigenvalue weighted by molar-refractivity contribution is 7.90. The Hall–Kier alpha value is -3.91. The summed E-state index contributed by atoms with van der Waals surface area (Å²) < 4.78 is 73.8. The van der Waals surface area contributed by atoms with Crippen molar-refractivity contribution in [3.05, 3.63) is 65.5 Å². The molecule has 1 aliphatic carbocycles. The Morgan fingerprint density at radius 3 is 2.49 bits per heavy atom. The van der Waals surface area contributed by atoms with Gasteiger partial charge in [0.2, 0.25) is 11.7 Å². The fraction of sp³-hybridized carbons (Fsp3) is 0.448. The van der Waals surface area contributed by atoms with Gasteiger partial charge in [-0.3, -0.25) is 14.7 Å². The summed E-state index contributed by atoms with van der Waals surface area (Å²) in [4.78, 5) is 19.2. The van der Waals surface area contributed by atoms with Crippen LogP contribution in [0.5, 0.6) is 17.4 Å². The molecule has 230 valence electrons. The molecule has 1 aromatic carbocycles. The molecule has 5 rings (SSSR count). The molecule has 1 aliphatic heterocycles. The lowest BCUT2D eigenvalue weighted by Gasteiger charge is -2.18. The monoisotopic (exact) mass is 617 g/mol. The van der Waals surface area contributed by atoms with E-state index in [2.05, 4.69) is 20.1 Å². The number of halogens is 2. The number of benzene rings is 1. The third-order valence-electron chi connectivity index (χ3n) is 7.18. The molecule has 3 heterocycles. The van der Waals surface area contributed by atoms with Crippen LogP contribution in [-0.2, 0) is 10.0 Å². The molecule has 1 saturated heterocycles. The number of nitrogens with one attached hydrogen (secondary N) is 1. The van der Waals surface area contributed by atoms with Crippen LogP contribution in [0.4, 0.5) is 8.78 Å².